The Morgan fingerprint density at radius 1 is 1.30 bits per heavy atom. The van der Waals surface area contributed by atoms with Crippen LogP contribution in [0.15, 0.2) is 23.8 Å². The molecule has 0 aromatic carbocycles. The van der Waals surface area contributed by atoms with Crippen LogP contribution in [0, 0.1) is 22.7 Å². The molecule has 0 aliphatic heterocycles. The van der Waals surface area contributed by atoms with E-state index in [1.165, 1.54) is 44.3 Å². The summed E-state index contributed by atoms with van der Waals surface area (Å²) in [6.07, 6.45) is 8.64. The summed E-state index contributed by atoms with van der Waals surface area (Å²) in [5, 5.41) is 9.32. The molecule has 0 radical (unpaired) electrons. The molecule has 2 aliphatic carbocycles. The molecule has 1 N–H and O–H groups in total. The maximum absolute atomic E-state index is 12.2. The first-order valence-corrected chi connectivity index (χ1v) is 11.3. The fourth-order valence-corrected chi connectivity index (χ4v) is 5.66. The smallest absolute Gasteiger partial charge is 0.331 e. The third kappa shape index (κ3) is 5.54. The molecular formula is C25H40O5. The highest BCUT2D eigenvalue weighted by Gasteiger charge is 2.53. The fourth-order valence-electron chi connectivity index (χ4n) is 5.66. The molecule has 0 aromatic rings. The molecule has 0 bridgehead atoms. The predicted octanol–water partition coefficient (Wildman–Crippen LogP) is 4.98. The maximum Gasteiger partial charge on any atom is 0.331 e. The molecule has 2 aliphatic rings. The van der Waals surface area contributed by atoms with Gasteiger partial charge in [0.1, 0.15) is 6.61 Å². The number of allylic oxidation sites excluding steroid dienone is 2. The molecule has 5 heteroatoms. The van der Waals surface area contributed by atoms with Crippen molar-refractivity contribution in [2.24, 2.45) is 22.7 Å². The second kappa shape index (κ2) is 10.1. The SMILES string of the molecule is C=C1CCC[C@H]2[C@](C)(CC/C(C)=C/C(=O)OC(CO)COC(C)=O)[C@@H](C)CC[C@]12C. The first kappa shape index (κ1) is 24.6. The van der Waals surface area contributed by atoms with E-state index in [0.717, 1.165) is 24.8 Å². The van der Waals surface area contributed by atoms with Crippen LogP contribution in [0.25, 0.3) is 0 Å². The van der Waals surface area contributed by atoms with Crippen LogP contribution in [0.1, 0.15) is 79.6 Å². The summed E-state index contributed by atoms with van der Waals surface area (Å²) in [5.41, 5.74) is 2.86. The van der Waals surface area contributed by atoms with Crippen LogP contribution < -0.4 is 0 Å². The number of esters is 2. The van der Waals surface area contributed by atoms with E-state index in [-0.39, 0.29) is 24.0 Å². The van der Waals surface area contributed by atoms with Gasteiger partial charge in [-0.3, -0.25) is 4.79 Å². The van der Waals surface area contributed by atoms with Crippen molar-refractivity contribution in [1.82, 2.24) is 0 Å². The van der Waals surface area contributed by atoms with Gasteiger partial charge in [0.15, 0.2) is 6.10 Å². The van der Waals surface area contributed by atoms with Gasteiger partial charge in [-0.2, -0.15) is 0 Å². The molecule has 0 heterocycles. The zero-order valence-corrected chi connectivity index (χ0v) is 19.5. The molecule has 0 amide bonds. The molecule has 5 nitrogen and oxygen atoms in total. The highest BCUT2D eigenvalue weighted by molar-refractivity contribution is 5.82. The lowest BCUT2D eigenvalue weighted by Gasteiger charge is -2.59. The second-order valence-electron chi connectivity index (χ2n) is 9.95. The van der Waals surface area contributed by atoms with Gasteiger partial charge >= 0.3 is 11.9 Å². The van der Waals surface area contributed by atoms with Gasteiger partial charge < -0.3 is 14.6 Å². The minimum atomic E-state index is -0.838. The van der Waals surface area contributed by atoms with Gasteiger partial charge in [-0.25, -0.2) is 4.79 Å². The van der Waals surface area contributed by atoms with Crippen LogP contribution in [0.3, 0.4) is 0 Å². The van der Waals surface area contributed by atoms with Crippen molar-refractivity contribution in [2.75, 3.05) is 13.2 Å². The number of aliphatic hydroxyl groups is 1. The standard InChI is InChI=1S/C25H40O5/c1-17(14-23(28)30-21(15-26)16-29-20(4)27)10-12-24(5)19(3)11-13-25(6)18(2)8-7-9-22(24)25/h14,19,21-22,26H,2,7-13,15-16H2,1,3-6H3/b17-14+/t19-,21?,22-,24+,25+/m0/s1. The molecule has 2 rings (SSSR count). The predicted molar refractivity (Wildman–Crippen MR) is 118 cm³/mol. The van der Waals surface area contributed by atoms with E-state index < -0.39 is 18.0 Å². The van der Waals surface area contributed by atoms with E-state index in [2.05, 4.69) is 27.4 Å². The van der Waals surface area contributed by atoms with Gasteiger partial charge in [-0.15, -0.1) is 0 Å². The Labute approximate surface area is 181 Å². The first-order valence-electron chi connectivity index (χ1n) is 11.3. The summed E-state index contributed by atoms with van der Waals surface area (Å²) >= 11 is 0. The molecule has 30 heavy (non-hydrogen) atoms. The minimum Gasteiger partial charge on any atom is -0.462 e. The lowest BCUT2D eigenvalue weighted by molar-refractivity contribution is -0.156. The topological polar surface area (TPSA) is 72.8 Å². The molecule has 0 spiro atoms. The van der Waals surface area contributed by atoms with Crippen molar-refractivity contribution < 1.29 is 24.2 Å². The van der Waals surface area contributed by atoms with Crippen LogP contribution in [-0.2, 0) is 19.1 Å². The monoisotopic (exact) mass is 420 g/mol. The Hall–Kier alpha value is -1.62. The quantitative estimate of drug-likeness (QED) is 0.341. The van der Waals surface area contributed by atoms with Crippen LogP contribution >= 0.6 is 0 Å². The maximum atomic E-state index is 12.2. The minimum absolute atomic E-state index is 0.135. The van der Waals surface area contributed by atoms with Gasteiger partial charge in [0, 0.05) is 13.0 Å². The number of rotatable bonds is 8. The second-order valence-corrected chi connectivity index (χ2v) is 9.95. The number of carbonyl (C=O) groups is 2. The highest BCUT2D eigenvalue weighted by atomic mass is 16.6. The van der Waals surface area contributed by atoms with Gasteiger partial charge in [-0.05, 0) is 74.5 Å². The number of aliphatic hydroxyl groups excluding tert-OH is 1. The lowest BCUT2D eigenvalue weighted by Crippen LogP contribution is -2.50. The van der Waals surface area contributed by atoms with Crippen molar-refractivity contribution in [3.05, 3.63) is 23.8 Å². The highest BCUT2D eigenvalue weighted by Crippen LogP contribution is 2.62. The number of carbonyl (C=O) groups excluding carboxylic acids is 2. The largest absolute Gasteiger partial charge is 0.462 e. The molecule has 2 saturated carbocycles. The van der Waals surface area contributed by atoms with Crippen molar-refractivity contribution in [2.45, 2.75) is 85.7 Å². The van der Waals surface area contributed by atoms with Crippen molar-refractivity contribution in [3.8, 4) is 0 Å². The third-order valence-electron chi connectivity index (χ3n) is 7.95. The average Bonchev–Trinajstić information content (AvgIpc) is 2.68. The number of fused-ring (bicyclic) bond motifs is 1. The zero-order chi connectivity index (χ0) is 22.5. The average molecular weight is 421 g/mol. The summed E-state index contributed by atoms with van der Waals surface area (Å²) in [4.78, 5) is 23.1. The van der Waals surface area contributed by atoms with E-state index in [0.29, 0.717) is 11.8 Å². The van der Waals surface area contributed by atoms with Crippen LogP contribution in [0.4, 0.5) is 0 Å². The third-order valence-corrected chi connectivity index (χ3v) is 7.95. The molecule has 0 saturated heterocycles. The Morgan fingerprint density at radius 2 is 2.00 bits per heavy atom. The summed E-state index contributed by atoms with van der Waals surface area (Å²) in [6.45, 7) is 14.4. The van der Waals surface area contributed by atoms with Gasteiger partial charge in [0.25, 0.3) is 0 Å². The van der Waals surface area contributed by atoms with E-state index in [1.807, 2.05) is 6.92 Å². The number of hydrogen-bond donors (Lipinski definition) is 1. The van der Waals surface area contributed by atoms with E-state index in [4.69, 9.17) is 9.47 Å². The Kier molecular flexibility index (Phi) is 8.32. The fraction of sp³-hybridized carbons (Fsp3) is 0.760. The van der Waals surface area contributed by atoms with E-state index >= 15 is 0 Å². The van der Waals surface area contributed by atoms with Crippen LogP contribution in [-0.4, -0.2) is 36.4 Å². The van der Waals surface area contributed by atoms with Crippen LogP contribution in [0.5, 0.6) is 0 Å². The molecule has 1 unspecified atom stereocenters. The summed E-state index contributed by atoms with van der Waals surface area (Å²) < 4.78 is 10.0. The Balaban J connectivity index is 2.00. The van der Waals surface area contributed by atoms with Gasteiger partial charge in [0.2, 0.25) is 0 Å². The Bertz CT molecular complexity index is 681. The normalized spacial score (nSPS) is 32.9. The summed E-state index contributed by atoms with van der Waals surface area (Å²) in [7, 11) is 0. The Morgan fingerprint density at radius 3 is 2.63 bits per heavy atom. The molecule has 0 aromatic heterocycles. The summed E-state index contributed by atoms with van der Waals surface area (Å²) in [6, 6.07) is 0. The van der Waals surface area contributed by atoms with E-state index in [1.54, 1.807) is 0 Å². The van der Waals surface area contributed by atoms with Gasteiger partial charge in [0.05, 0.1) is 6.61 Å². The molecule has 170 valence electrons. The summed E-state index contributed by atoms with van der Waals surface area (Å²) in [5.74, 6) is 0.306. The molecule has 2 fully saturated rings. The van der Waals surface area contributed by atoms with Crippen LogP contribution in [0.2, 0.25) is 0 Å². The first-order chi connectivity index (χ1) is 14.0. The number of hydrogen-bond acceptors (Lipinski definition) is 5. The zero-order valence-electron chi connectivity index (χ0n) is 19.5. The van der Waals surface area contributed by atoms with Crippen molar-refractivity contribution >= 4 is 11.9 Å². The van der Waals surface area contributed by atoms with Gasteiger partial charge in [-0.1, -0.05) is 38.5 Å². The number of ether oxygens (including phenoxy) is 2. The molecular weight excluding hydrogens is 380 g/mol. The lowest BCUT2D eigenvalue weighted by atomic mass is 9.46. The van der Waals surface area contributed by atoms with Crippen molar-refractivity contribution in [3.63, 3.8) is 0 Å². The molecule has 5 atom stereocenters. The van der Waals surface area contributed by atoms with Crippen molar-refractivity contribution in [1.29, 1.82) is 0 Å². The van der Waals surface area contributed by atoms with E-state index in [9.17, 15) is 14.7 Å².